The number of hydrazone groups is 1. The van der Waals surface area contributed by atoms with Crippen molar-refractivity contribution in [1.29, 1.82) is 0 Å². The molecule has 2 aromatic heterocycles. The summed E-state index contributed by atoms with van der Waals surface area (Å²) in [6.45, 7) is 3.47. The number of hydrogen-bond donors (Lipinski definition) is 1. The summed E-state index contributed by atoms with van der Waals surface area (Å²) in [5.41, 5.74) is -1.08. The van der Waals surface area contributed by atoms with Gasteiger partial charge in [-0.25, -0.2) is 13.8 Å². The first-order chi connectivity index (χ1) is 13.3. The molecule has 28 heavy (non-hydrogen) atoms. The average Bonchev–Trinajstić information content (AvgIpc) is 3.23. The van der Waals surface area contributed by atoms with E-state index in [9.17, 15) is 18.7 Å². The van der Waals surface area contributed by atoms with Crippen LogP contribution < -0.4 is 0 Å². The molecule has 1 aliphatic heterocycles. The Morgan fingerprint density at radius 1 is 1.25 bits per heavy atom. The Morgan fingerprint density at radius 2 is 2.00 bits per heavy atom. The van der Waals surface area contributed by atoms with Gasteiger partial charge in [0.1, 0.15) is 0 Å². The maximum Gasteiger partial charge on any atom is 0.287 e. The molecular formula is C20H17F2N3O2S. The Labute approximate surface area is 163 Å². The highest BCUT2D eigenvalue weighted by Crippen LogP contribution is 2.35. The van der Waals surface area contributed by atoms with Crippen molar-refractivity contribution >= 4 is 33.9 Å². The van der Waals surface area contributed by atoms with Gasteiger partial charge in [0.05, 0.1) is 21.7 Å². The molecule has 1 atom stereocenters. The van der Waals surface area contributed by atoms with Crippen molar-refractivity contribution in [3.05, 3.63) is 52.9 Å². The second-order valence-corrected chi connectivity index (χ2v) is 8.08. The SMILES string of the molecule is CC1=NN(C(=O)c2cc(-c3ccc(C)s3)nc3ccccc23)[C@@](O)(C(F)F)C1. The number of aliphatic hydroxyl groups is 1. The zero-order chi connectivity index (χ0) is 20.1. The van der Waals surface area contributed by atoms with Gasteiger partial charge in [0.25, 0.3) is 12.3 Å². The number of amides is 1. The van der Waals surface area contributed by atoms with Crippen LogP contribution in [0.15, 0.2) is 47.6 Å². The van der Waals surface area contributed by atoms with Crippen LogP contribution in [0.3, 0.4) is 0 Å². The van der Waals surface area contributed by atoms with Crippen LogP contribution in [0.5, 0.6) is 0 Å². The number of halogens is 2. The van der Waals surface area contributed by atoms with E-state index in [1.807, 2.05) is 19.1 Å². The molecule has 0 bridgehead atoms. The number of alkyl halides is 2. The first-order valence-corrected chi connectivity index (χ1v) is 9.47. The lowest BCUT2D eigenvalue weighted by molar-refractivity contribution is -0.164. The number of hydrogen-bond acceptors (Lipinski definition) is 5. The Morgan fingerprint density at radius 3 is 2.68 bits per heavy atom. The quantitative estimate of drug-likeness (QED) is 0.705. The highest BCUT2D eigenvalue weighted by atomic mass is 32.1. The van der Waals surface area contributed by atoms with E-state index in [1.165, 1.54) is 18.3 Å². The molecule has 1 amide bonds. The second-order valence-electron chi connectivity index (χ2n) is 6.79. The lowest BCUT2D eigenvalue weighted by Crippen LogP contribution is -2.51. The average molecular weight is 401 g/mol. The number of aromatic nitrogens is 1. The summed E-state index contributed by atoms with van der Waals surface area (Å²) in [7, 11) is 0. The molecule has 0 radical (unpaired) electrons. The van der Waals surface area contributed by atoms with Gasteiger partial charge in [-0.1, -0.05) is 18.2 Å². The second kappa shape index (κ2) is 6.72. The summed E-state index contributed by atoms with van der Waals surface area (Å²) in [5, 5.41) is 15.4. The number of fused-ring (bicyclic) bond motifs is 1. The van der Waals surface area contributed by atoms with E-state index in [1.54, 1.807) is 30.3 Å². The smallest absolute Gasteiger partial charge is 0.287 e. The van der Waals surface area contributed by atoms with Crippen molar-refractivity contribution in [3.63, 3.8) is 0 Å². The summed E-state index contributed by atoms with van der Waals surface area (Å²) in [5.74, 6) is -0.784. The molecule has 0 spiro atoms. The van der Waals surface area contributed by atoms with Crippen LogP contribution in [0.25, 0.3) is 21.5 Å². The maximum atomic E-state index is 13.6. The first-order valence-electron chi connectivity index (χ1n) is 8.65. The number of carbonyl (C=O) groups is 1. The van der Waals surface area contributed by atoms with Crippen LogP contribution in [0.4, 0.5) is 8.78 Å². The van der Waals surface area contributed by atoms with E-state index in [0.717, 1.165) is 9.75 Å². The lowest BCUT2D eigenvalue weighted by Gasteiger charge is -2.30. The van der Waals surface area contributed by atoms with Crippen molar-refractivity contribution in [1.82, 2.24) is 9.99 Å². The highest BCUT2D eigenvalue weighted by Gasteiger charge is 2.51. The van der Waals surface area contributed by atoms with E-state index in [2.05, 4.69) is 10.1 Å². The van der Waals surface area contributed by atoms with E-state index in [0.29, 0.717) is 21.6 Å². The normalized spacial score (nSPS) is 19.5. The molecule has 1 aromatic carbocycles. The number of aryl methyl sites for hydroxylation is 1. The van der Waals surface area contributed by atoms with Crippen LogP contribution in [-0.2, 0) is 0 Å². The van der Waals surface area contributed by atoms with Gasteiger partial charge in [0, 0.05) is 22.4 Å². The van der Waals surface area contributed by atoms with E-state index >= 15 is 0 Å². The largest absolute Gasteiger partial charge is 0.364 e. The zero-order valence-corrected chi connectivity index (χ0v) is 16.0. The van der Waals surface area contributed by atoms with Crippen molar-refractivity contribution in [2.75, 3.05) is 0 Å². The van der Waals surface area contributed by atoms with Gasteiger partial charge in [0.15, 0.2) is 0 Å². The van der Waals surface area contributed by atoms with Crippen molar-refractivity contribution in [2.24, 2.45) is 5.10 Å². The molecule has 1 aliphatic rings. The van der Waals surface area contributed by atoms with Gasteiger partial charge in [-0.2, -0.15) is 10.1 Å². The van der Waals surface area contributed by atoms with Crippen molar-refractivity contribution in [2.45, 2.75) is 32.4 Å². The fourth-order valence-corrected chi connectivity index (χ4v) is 4.13. The zero-order valence-electron chi connectivity index (χ0n) is 15.2. The third-order valence-electron chi connectivity index (χ3n) is 4.63. The van der Waals surface area contributed by atoms with E-state index in [4.69, 9.17) is 0 Å². The predicted molar refractivity (Wildman–Crippen MR) is 105 cm³/mol. The number of rotatable bonds is 3. The predicted octanol–water partition coefficient (Wildman–Crippen LogP) is 4.45. The highest BCUT2D eigenvalue weighted by molar-refractivity contribution is 7.15. The first kappa shape index (κ1) is 18.6. The Balaban J connectivity index is 1.89. The molecular weight excluding hydrogens is 384 g/mol. The molecule has 0 saturated heterocycles. The van der Waals surface area contributed by atoms with Crippen molar-refractivity contribution in [3.8, 4) is 10.6 Å². The Bertz CT molecular complexity index is 1110. The van der Waals surface area contributed by atoms with Gasteiger partial charge >= 0.3 is 0 Å². The number of thiophene rings is 1. The third kappa shape index (κ3) is 2.98. The van der Waals surface area contributed by atoms with Gasteiger partial charge in [-0.3, -0.25) is 4.79 Å². The number of nitrogens with zero attached hydrogens (tertiary/aromatic N) is 3. The van der Waals surface area contributed by atoms with Crippen molar-refractivity contribution < 1.29 is 18.7 Å². The van der Waals surface area contributed by atoms with Crippen LogP contribution in [0.1, 0.15) is 28.6 Å². The molecule has 0 unspecified atom stereocenters. The van der Waals surface area contributed by atoms with E-state index in [-0.39, 0.29) is 11.3 Å². The molecule has 1 N–H and O–H groups in total. The molecule has 0 aliphatic carbocycles. The van der Waals surface area contributed by atoms with Gasteiger partial charge in [0.2, 0.25) is 5.72 Å². The van der Waals surface area contributed by atoms with Gasteiger partial charge in [-0.15, -0.1) is 11.3 Å². The number of carbonyl (C=O) groups excluding carboxylic acids is 1. The number of para-hydroxylation sites is 1. The van der Waals surface area contributed by atoms with Gasteiger partial charge < -0.3 is 5.11 Å². The molecule has 4 rings (SSSR count). The fourth-order valence-electron chi connectivity index (χ4n) is 3.30. The summed E-state index contributed by atoms with van der Waals surface area (Å²) >= 11 is 1.52. The van der Waals surface area contributed by atoms with Crippen LogP contribution >= 0.6 is 11.3 Å². The number of pyridine rings is 1. The Hall–Kier alpha value is -2.71. The molecule has 144 valence electrons. The van der Waals surface area contributed by atoms with Crippen LogP contribution in [-0.4, -0.2) is 38.9 Å². The van der Waals surface area contributed by atoms with Crippen LogP contribution in [0.2, 0.25) is 0 Å². The third-order valence-corrected chi connectivity index (χ3v) is 5.66. The molecule has 3 heterocycles. The molecule has 0 saturated carbocycles. The minimum Gasteiger partial charge on any atom is -0.364 e. The summed E-state index contributed by atoms with van der Waals surface area (Å²) < 4.78 is 27.1. The minimum atomic E-state index is -3.15. The summed E-state index contributed by atoms with van der Waals surface area (Å²) in [6.07, 6.45) is -3.54. The van der Waals surface area contributed by atoms with Gasteiger partial charge in [-0.05, 0) is 38.1 Å². The molecule has 8 heteroatoms. The molecule has 3 aromatic rings. The maximum absolute atomic E-state index is 13.6. The lowest BCUT2D eigenvalue weighted by atomic mass is 10.0. The molecule has 0 fully saturated rings. The molecule has 5 nitrogen and oxygen atoms in total. The summed E-state index contributed by atoms with van der Waals surface area (Å²) in [6, 6.07) is 12.4. The summed E-state index contributed by atoms with van der Waals surface area (Å²) in [4.78, 5) is 19.8. The topological polar surface area (TPSA) is 65.8 Å². The Kier molecular flexibility index (Phi) is 4.47. The number of benzene rings is 1. The minimum absolute atomic E-state index is 0.171. The monoisotopic (exact) mass is 401 g/mol. The van der Waals surface area contributed by atoms with Crippen LogP contribution in [0, 0.1) is 6.92 Å². The fraction of sp³-hybridized carbons (Fsp3) is 0.250. The van der Waals surface area contributed by atoms with E-state index < -0.39 is 24.5 Å². The standard InChI is InChI=1S/C20H17F2N3O2S/c1-11-10-20(27,19(21)22)25(24-11)18(26)14-9-16(17-8-7-12(2)28-17)23-15-6-4-3-5-13(14)15/h3-9,19,27H,10H2,1-2H3/t20-/m0/s1.